The van der Waals surface area contributed by atoms with Crippen LogP contribution in [0.4, 0.5) is 18.0 Å². The molecule has 1 saturated heterocycles. The Kier molecular flexibility index (Phi) is 11.6. The molecule has 1 aromatic heterocycles. The number of benzene rings is 1. The average Bonchev–Trinajstić information content (AvgIpc) is 3.92. The molecule has 4 amide bonds. The molecule has 1 aliphatic heterocycles. The second kappa shape index (κ2) is 15.2. The largest absolute Gasteiger partial charge is 0.484 e. The Morgan fingerprint density at radius 2 is 1.73 bits per heavy atom. The Bertz CT molecular complexity index is 1960. The summed E-state index contributed by atoms with van der Waals surface area (Å²) in [5.74, 6) is -2.76. The summed E-state index contributed by atoms with van der Waals surface area (Å²) in [6, 6.07) is 3.29. The van der Waals surface area contributed by atoms with E-state index in [2.05, 4.69) is 15.6 Å². The molecule has 2 saturated carbocycles. The molecular weight excluding hydrogens is 763 g/mol. The van der Waals surface area contributed by atoms with E-state index >= 15 is 0 Å². The fraction of sp³-hybridized carbons (Fsp3) is 0.649. The Morgan fingerprint density at radius 1 is 1.05 bits per heavy atom. The van der Waals surface area contributed by atoms with Gasteiger partial charge in [-0.25, -0.2) is 18.7 Å². The van der Waals surface area contributed by atoms with Crippen molar-refractivity contribution in [1.82, 2.24) is 25.2 Å². The van der Waals surface area contributed by atoms with Crippen molar-refractivity contribution in [1.29, 1.82) is 0 Å². The van der Waals surface area contributed by atoms with Gasteiger partial charge in [-0.15, -0.1) is 0 Å². The van der Waals surface area contributed by atoms with Crippen LogP contribution in [0.15, 0.2) is 30.5 Å². The van der Waals surface area contributed by atoms with Crippen LogP contribution < -0.4 is 24.8 Å². The molecule has 0 unspecified atom stereocenters. The number of alkyl carbamates (subject to hydrolysis) is 1. The standard InChI is InChI=1S/C37H50F3N5O10S/c1-9-22-18-36(22,31(48)44-56(50,51)55-35(8)13-14-35)43-28(46)26-17-24(19-45(26)30(47)27(33(2,3)4)42-32(49)54-34(5,6)7)53-29-25-11-10-23(52-20-37(38,39)40)16-21(25)12-15-41-29/h10-12,15-16,22,24,26-27H,9,13-14,17-20H2,1-8H3,(H,42,49)(H,43,46)(H,44,48)/t22-,24-,26+,27-,36-/m1/s1. The Morgan fingerprint density at radius 3 is 2.30 bits per heavy atom. The molecular formula is C37H50F3N5O10S. The summed E-state index contributed by atoms with van der Waals surface area (Å²) in [5.41, 5.74) is -4.30. The fourth-order valence-electron chi connectivity index (χ4n) is 6.61. The highest BCUT2D eigenvalue weighted by Crippen LogP contribution is 2.47. The Labute approximate surface area is 324 Å². The van der Waals surface area contributed by atoms with Crippen LogP contribution in [0.2, 0.25) is 0 Å². The number of carbonyl (C=O) groups is 4. The number of fused-ring (bicyclic) bond motifs is 1. The predicted molar refractivity (Wildman–Crippen MR) is 195 cm³/mol. The fourth-order valence-corrected chi connectivity index (χ4v) is 7.76. The van der Waals surface area contributed by atoms with Crippen molar-refractivity contribution >= 4 is 44.9 Å². The number of carbonyl (C=O) groups excluding carboxylic acids is 4. The van der Waals surface area contributed by atoms with Crippen molar-refractivity contribution in [2.45, 2.75) is 129 Å². The maximum atomic E-state index is 14.5. The van der Waals surface area contributed by atoms with Gasteiger partial charge in [0.15, 0.2) is 6.61 Å². The highest BCUT2D eigenvalue weighted by atomic mass is 32.2. The molecule has 56 heavy (non-hydrogen) atoms. The lowest BCUT2D eigenvalue weighted by atomic mass is 9.85. The summed E-state index contributed by atoms with van der Waals surface area (Å²) in [7, 11) is -4.51. The molecule has 310 valence electrons. The number of pyridine rings is 1. The number of halogens is 3. The lowest BCUT2D eigenvalue weighted by Gasteiger charge is -2.36. The third-order valence-corrected chi connectivity index (χ3v) is 10.9. The second-order valence-electron chi connectivity index (χ2n) is 17.0. The summed E-state index contributed by atoms with van der Waals surface area (Å²) >= 11 is 0. The number of rotatable bonds is 13. The molecule has 2 heterocycles. The SMILES string of the molecule is CC[C@@H]1C[C@]1(NC(=O)[C@@H]1C[C@@H](Oc2nccc3cc(OCC(F)(F)F)ccc23)CN1C(=O)[C@@H](NC(=O)OC(C)(C)C)C(C)(C)C)C(=O)NS(=O)(=O)OC1(C)CC1. The van der Waals surface area contributed by atoms with Crippen molar-refractivity contribution in [3.8, 4) is 11.6 Å². The molecule has 0 spiro atoms. The molecule has 19 heteroatoms. The zero-order valence-corrected chi connectivity index (χ0v) is 33.5. The predicted octanol–water partition coefficient (Wildman–Crippen LogP) is 4.68. The lowest BCUT2D eigenvalue weighted by Crippen LogP contribution is -2.60. The van der Waals surface area contributed by atoms with Crippen LogP contribution >= 0.6 is 0 Å². The monoisotopic (exact) mass is 813 g/mol. The summed E-state index contributed by atoms with van der Waals surface area (Å²) in [5, 5.41) is 6.26. The molecule has 5 atom stereocenters. The van der Waals surface area contributed by atoms with E-state index in [-0.39, 0.29) is 31.0 Å². The smallest absolute Gasteiger partial charge is 0.422 e. The van der Waals surface area contributed by atoms with Gasteiger partial charge in [-0.2, -0.15) is 21.6 Å². The van der Waals surface area contributed by atoms with Crippen molar-refractivity contribution in [2.75, 3.05) is 13.2 Å². The van der Waals surface area contributed by atoms with Gasteiger partial charge in [0.2, 0.25) is 17.7 Å². The van der Waals surface area contributed by atoms with Gasteiger partial charge in [-0.05, 0) is 87.9 Å². The number of alkyl halides is 3. The lowest BCUT2D eigenvalue weighted by molar-refractivity contribution is -0.153. The minimum Gasteiger partial charge on any atom is -0.484 e. The summed E-state index contributed by atoms with van der Waals surface area (Å²) < 4.78 is 87.5. The molecule has 2 aliphatic carbocycles. The summed E-state index contributed by atoms with van der Waals surface area (Å²) in [6.45, 7) is 11.9. The van der Waals surface area contributed by atoms with Crippen LogP contribution in [0.5, 0.6) is 11.6 Å². The van der Waals surface area contributed by atoms with Gasteiger partial charge in [0.25, 0.3) is 5.91 Å². The van der Waals surface area contributed by atoms with E-state index in [1.54, 1.807) is 61.5 Å². The van der Waals surface area contributed by atoms with E-state index in [0.29, 0.717) is 30.0 Å². The third-order valence-electron chi connectivity index (χ3n) is 9.83. The zero-order valence-electron chi connectivity index (χ0n) is 32.7. The minimum absolute atomic E-state index is 0.0309. The first-order valence-corrected chi connectivity index (χ1v) is 19.8. The average molecular weight is 814 g/mol. The first-order chi connectivity index (χ1) is 25.7. The van der Waals surface area contributed by atoms with Gasteiger partial charge in [0.05, 0.1) is 12.1 Å². The molecule has 1 aromatic carbocycles. The normalized spacial score (nSPS) is 23.8. The van der Waals surface area contributed by atoms with E-state index in [1.807, 2.05) is 4.72 Å². The quantitative estimate of drug-likeness (QED) is 0.255. The highest BCUT2D eigenvalue weighted by Gasteiger charge is 2.62. The molecule has 2 aromatic rings. The molecule has 0 radical (unpaired) electrons. The van der Waals surface area contributed by atoms with Gasteiger partial charge >= 0.3 is 22.6 Å². The van der Waals surface area contributed by atoms with Crippen molar-refractivity contribution in [3.63, 3.8) is 0 Å². The number of nitrogens with zero attached hydrogens (tertiary/aromatic N) is 2. The topological polar surface area (TPSA) is 192 Å². The first-order valence-electron chi connectivity index (χ1n) is 18.4. The van der Waals surface area contributed by atoms with Crippen LogP contribution in [0, 0.1) is 11.3 Å². The molecule has 3 N–H and O–H groups in total. The van der Waals surface area contributed by atoms with Gasteiger partial charge in [-0.3, -0.25) is 14.4 Å². The van der Waals surface area contributed by atoms with Crippen LogP contribution in [-0.4, -0.2) is 96.4 Å². The molecule has 5 rings (SSSR count). The second-order valence-corrected chi connectivity index (χ2v) is 18.3. The number of aromatic nitrogens is 1. The Hall–Kier alpha value is -4.39. The molecule has 15 nitrogen and oxygen atoms in total. The summed E-state index contributed by atoms with van der Waals surface area (Å²) in [4.78, 5) is 60.9. The van der Waals surface area contributed by atoms with E-state index in [9.17, 15) is 40.8 Å². The van der Waals surface area contributed by atoms with Crippen molar-refractivity contribution in [2.24, 2.45) is 11.3 Å². The number of nitrogens with one attached hydrogen (secondary N) is 3. The van der Waals surface area contributed by atoms with Gasteiger partial charge in [0, 0.05) is 18.0 Å². The van der Waals surface area contributed by atoms with Crippen LogP contribution in [0.25, 0.3) is 10.8 Å². The number of hydrogen-bond donors (Lipinski definition) is 3. The van der Waals surface area contributed by atoms with Crippen molar-refractivity contribution < 1.29 is 59.2 Å². The van der Waals surface area contributed by atoms with Gasteiger partial charge in [0.1, 0.15) is 35.1 Å². The maximum Gasteiger partial charge on any atom is 0.422 e. The molecule has 3 aliphatic rings. The van der Waals surface area contributed by atoms with Gasteiger partial charge in [-0.1, -0.05) is 34.1 Å². The maximum absolute atomic E-state index is 14.5. The number of likely N-dealkylation sites (tertiary alicyclic amines) is 1. The number of amides is 4. The van der Waals surface area contributed by atoms with E-state index in [4.69, 9.17) is 18.4 Å². The van der Waals surface area contributed by atoms with Crippen LogP contribution in [0.1, 0.15) is 87.5 Å². The summed E-state index contributed by atoms with van der Waals surface area (Å²) in [6.07, 6.45) is -3.45. The first kappa shape index (κ1) is 42.7. The van der Waals surface area contributed by atoms with Crippen LogP contribution in [0.3, 0.4) is 0 Å². The Balaban J connectivity index is 1.43. The zero-order chi connectivity index (χ0) is 41.6. The van der Waals surface area contributed by atoms with E-state index < -0.39 is 93.2 Å². The minimum atomic E-state index is -4.54. The molecule has 0 bridgehead atoms. The van der Waals surface area contributed by atoms with Gasteiger partial charge < -0.3 is 29.7 Å². The molecule has 3 fully saturated rings. The number of ether oxygens (including phenoxy) is 3. The number of hydrogen-bond acceptors (Lipinski definition) is 11. The van der Waals surface area contributed by atoms with Crippen LogP contribution in [-0.2, 0) is 33.6 Å². The third kappa shape index (κ3) is 10.5. The van der Waals surface area contributed by atoms with E-state index in [0.717, 1.165) is 0 Å². The van der Waals surface area contributed by atoms with Crippen molar-refractivity contribution in [3.05, 3.63) is 30.5 Å². The van der Waals surface area contributed by atoms with E-state index in [1.165, 1.54) is 29.3 Å². The highest BCUT2D eigenvalue weighted by molar-refractivity contribution is 7.85.